The van der Waals surface area contributed by atoms with E-state index in [0.717, 1.165) is 5.82 Å². The highest BCUT2D eigenvalue weighted by Gasteiger charge is 2.10. The van der Waals surface area contributed by atoms with Crippen molar-refractivity contribution in [1.29, 1.82) is 0 Å². The largest absolute Gasteiger partial charge is 0.366 e. The van der Waals surface area contributed by atoms with Crippen molar-refractivity contribution in [1.82, 2.24) is 14.8 Å². The first kappa shape index (κ1) is 8.00. The van der Waals surface area contributed by atoms with Gasteiger partial charge in [0.25, 0.3) is 0 Å². The third-order valence-electron chi connectivity index (χ3n) is 1.61. The maximum Gasteiger partial charge on any atom is 0.239 e. The zero-order valence-corrected chi connectivity index (χ0v) is 6.78. The number of nitrogens with zero attached hydrogens (tertiary/aromatic N) is 3. The molecule has 1 atom stereocenters. The Morgan fingerprint density at radius 3 is 2.64 bits per heavy atom. The SMILES string of the molecule is CC(CN)c1nc(N)nn1C. The van der Waals surface area contributed by atoms with E-state index in [1.807, 2.05) is 14.0 Å². The molecule has 0 fully saturated rings. The second-order valence-electron chi connectivity index (χ2n) is 2.59. The van der Waals surface area contributed by atoms with Crippen LogP contribution in [0.25, 0.3) is 0 Å². The summed E-state index contributed by atoms with van der Waals surface area (Å²) in [6.07, 6.45) is 0. The third-order valence-corrected chi connectivity index (χ3v) is 1.61. The molecule has 5 nitrogen and oxygen atoms in total. The van der Waals surface area contributed by atoms with Gasteiger partial charge in [0.1, 0.15) is 5.82 Å². The summed E-state index contributed by atoms with van der Waals surface area (Å²) < 4.78 is 1.66. The normalized spacial score (nSPS) is 13.4. The predicted octanol–water partition coefficient (Wildman–Crippen LogP) is -0.540. The topological polar surface area (TPSA) is 82.8 Å². The number of nitrogens with two attached hydrogens (primary N) is 2. The van der Waals surface area contributed by atoms with Crippen LogP contribution >= 0.6 is 0 Å². The molecule has 0 aromatic carbocycles. The number of aromatic nitrogens is 3. The number of aryl methyl sites for hydroxylation is 1. The van der Waals surface area contributed by atoms with Gasteiger partial charge in [-0.1, -0.05) is 6.92 Å². The van der Waals surface area contributed by atoms with Crippen LogP contribution < -0.4 is 11.5 Å². The highest BCUT2D eigenvalue weighted by molar-refractivity contribution is 5.15. The van der Waals surface area contributed by atoms with Crippen molar-refractivity contribution in [3.8, 4) is 0 Å². The van der Waals surface area contributed by atoms with Crippen LogP contribution in [0.5, 0.6) is 0 Å². The van der Waals surface area contributed by atoms with Gasteiger partial charge in [0.15, 0.2) is 0 Å². The molecule has 0 radical (unpaired) electrons. The molecule has 11 heavy (non-hydrogen) atoms. The lowest BCUT2D eigenvalue weighted by molar-refractivity contribution is 0.629. The van der Waals surface area contributed by atoms with E-state index in [-0.39, 0.29) is 5.92 Å². The predicted molar refractivity (Wildman–Crippen MR) is 42.9 cm³/mol. The van der Waals surface area contributed by atoms with Crippen LogP contribution in [0, 0.1) is 0 Å². The molecule has 0 amide bonds. The molecule has 4 N–H and O–H groups in total. The number of anilines is 1. The van der Waals surface area contributed by atoms with Gasteiger partial charge in [0, 0.05) is 19.5 Å². The molecular formula is C6H13N5. The monoisotopic (exact) mass is 155 g/mol. The van der Waals surface area contributed by atoms with Crippen molar-refractivity contribution in [3.05, 3.63) is 5.82 Å². The average molecular weight is 155 g/mol. The van der Waals surface area contributed by atoms with E-state index in [2.05, 4.69) is 10.1 Å². The van der Waals surface area contributed by atoms with Gasteiger partial charge in [-0.05, 0) is 0 Å². The van der Waals surface area contributed by atoms with Gasteiger partial charge in [0.05, 0.1) is 0 Å². The summed E-state index contributed by atoms with van der Waals surface area (Å²) >= 11 is 0. The fourth-order valence-electron chi connectivity index (χ4n) is 0.952. The quantitative estimate of drug-likeness (QED) is 0.600. The van der Waals surface area contributed by atoms with Gasteiger partial charge in [-0.3, -0.25) is 4.68 Å². The van der Waals surface area contributed by atoms with E-state index < -0.39 is 0 Å². The van der Waals surface area contributed by atoms with Crippen molar-refractivity contribution in [3.63, 3.8) is 0 Å². The summed E-state index contributed by atoms with van der Waals surface area (Å²) in [5, 5.41) is 3.91. The van der Waals surface area contributed by atoms with Gasteiger partial charge < -0.3 is 11.5 Å². The molecule has 0 saturated carbocycles. The number of rotatable bonds is 2. The van der Waals surface area contributed by atoms with Crippen molar-refractivity contribution >= 4 is 5.95 Å². The average Bonchev–Trinajstić information content (AvgIpc) is 2.28. The molecule has 1 heterocycles. The second kappa shape index (κ2) is 2.87. The summed E-state index contributed by atoms with van der Waals surface area (Å²) in [5.41, 5.74) is 10.8. The molecule has 0 aliphatic heterocycles. The van der Waals surface area contributed by atoms with Crippen molar-refractivity contribution in [2.24, 2.45) is 12.8 Å². The number of hydrogen-bond acceptors (Lipinski definition) is 4. The zero-order valence-electron chi connectivity index (χ0n) is 6.78. The van der Waals surface area contributed by atoms with Crippen LogP contribution in [0.2, 0.25) is 0 Å². The van der Waals surface area contributed by atoms with Crippen LogP contribution in [-0.2, 0) is 7.05 Å². The molecule has 0 bridgehead atoms. The van der Waals surface area contributed by atoms with Crippen LogP contribution in [0.1, 0.15) is 18.7 Å². The lowest BCUT2D eigenvalue weighted by Crippen LogP contribution is -2.13. The fourth-order valence-corrected chi connectivity index (χ4v) is 0.952. The Bertz CT molecular complexity index is 241. The minimum atomic E-state index is 0.213. The maximum atomic E-state index is 5.46. The first-order valence-electron chi connectivity index (χ1n) is 3.51. The van der Waals surface area contributed by atoms with Gasteiger partial charge in [-0.15, -0.1) is 5.10 Å². The lowest BCUT2D eigenvalue weighted by Gasteiger charge is -2.05. The Morgan fingerprint density at radius 1 is 1.64 bits per heavy atom. The van der Waals surface area contributed by atoms with E-state index in [9.17, 15) is 0 Å². The minimum absolute atomic E-state index is 0.213. The van der Waals surface area contributed by atoms with Crippen molar-refractivity contribution in [2.45, 2.75) is 12.8 Å². The summed E-state index contributed by atoms with van der Waals surface area (Å²) in [4.78, 5) is 4.03. The molecule has 0 aliphatic carbocycles. The van der Waals surface area contributed by atoms with Gasteiger partial charge >= 0.3 is 0 Å². The van der Waals surface area contributed by atoms with Gasteiger partial charge in [-0.25, -0.2) is 0 Å². The van der Waals surface area contributed by atoms with Crippen LogP contribution in [0.3, 0.4) is 0 Å². The molecule has 0 aliphatic rings. The Balaban J connectivity index is 2.93. The summed E-state index contributed by atoms with van der Waals surface area (Å²) in [6, 6.07) is 0. The summed E-state index contributed by atoms with van der Waals surface area (Å²) in [6.45, 7) is 2.55. The van der Waals surface area contributed by atoms with Crippen LogP contribution in [0.4, 0.5) is 5.95 Å². The molecule has 1 aromatic heterocycles. The Kier molecular flexibility index (Phi) is 2.09. The van der Waals surface area contributed by atoms with E-state index in [0.29, 0.717) is 12.5 Å². The standard InChI is InChI=1S/C6H13N5/c1-4(3-7)5-9-6(8)10-11(5)2/h4H,3,7H2,1-2H3,(H2,8,10). The molecule has 0 saturated heterocycles. The summed E-state index contributed by atoms with van der Waals surface area (Å²) in [7, 11) is 1.81. The molecule has 0 spiro atoms. The van der Waals surface area contributed by atoms with Gasteiger partial charge in [0.2, 0.25) is 5.95 Å². The lowest BCUT2D eigenvalue weighted by atomic mass is 10.2. The molecule has 5 heteroatoms. The van der Waals surface area contributed by atoms with Gasteiger partial charge in [-0.2, -0.15) is 4.98 Å². The zero-order chi connectivity index (χ0) is 8.43. The first-order chi connectivity index (χ1) is 5.15. The first-order valence-corrected chi connectivity index (χ1v) is 3.51. The highest BCUT2D eigenvalue weighted by atomic mass is 15.4. The Hall–Kier alpha value is -1.10. The van der Waals surface area contributed by atoms with Crippen LogP contribution in [-0.4, -0.2) is 21.3 Å². The molecule has 62 valence electrons. The smallest absolute Gasteiger partial charge is 0.239 e. The second-order valence-corrected chi connectivity index (χ2v) is 2.59. The molecular weight excluding hydrogens is 142 g/mol. The molecule has 1 rings (SSSR count). The number of nitrogen functional groups attached to an aromatic ring is 1. The Labute approximate surface area is 65.4 Å². The van der Waals surface area contributed by atoms with E-state index in [1.165, 1.54) is 0 Å². The molecule has 1 aromatic rings. The highest BCUT2D eigenvalue weighted by Crippen LogP contribution is 2.10. The maximum absolute atomic E-state index is 5.46. The van der Waals surface area contributed by atoms with E-state index in [1.54, 1.807) is 4.68 Å². The number of hydrogen-bond donors (Lipinski definition) is 2. The fraction of sp³-hybridized carbons (Fsp3) is 0.667. The van der Waals surface area contributed by atoms with Crippen LogP contribution in [0.15, 0.2) is 0 Å². The van der Waals surface area contributed by atoms with E-state index >= 15 is 0 Å². The summed E-state index contributed by atoms with van der Waals surface area (Å²) in [5.74, 6) is 1.36. The molecule has 1 unspecified atom stereocenters. The van der Waals surface area contributed by atoms with E-state index in [4.69, 9.17) is 11.5 Å². The van der Waals surface area contributed by atoms with Crippen molar-refractivity contribution < 1.29 is 0 Å². The minimum Gasteiger partial charge on any atom is -0.366 e. The Morgan fingerprint density at radius 2 is 2.27 bits per heavy atom. The van der Waals surface area contributed by atoms with Crippen molar-refractivity contribution in [2.75, 3.05) is 12.3 Å². The third kappa shape index (κ3) is 1.48.